The highest BCUT2D eigenvalue weighted by Gasteiger charge is 2.41. The molecular weight excluding hydrogens is 510 g/mol. The third-order valence-corrected chi connectivity index (χ3v) is 9.16. The van der Waals surface area contributed by atoms with Gasteiger partial charge in [-0.05, 0) is 68.0 Å². The number of anilines is 2. The number of carbonyl (C=O) groups is 2. The zero-order valence-electron chi connectivity index (χ0n) is 21.2. The third-order valence-electron chi connectivity index (χ3n) is 6.92. The first-order valence-electron chi connectivity index (χ1n) is 12.1. The summed E-state index contributed by atoms with van der Waals surface area (Å²) in [5, 5.41) is 6.38. The van der Waals surface area contributed by atoms with Crippen LogP contribution in [0.3, 0.4) is 0 Å². The van der Waals surface area contributed by atoms with Crippen molar-refractivity contribution in [3.63, 3.8) is 0 Å². The molecular formula is C26H29N5O4S2. The summed E-state index contributed by atoms with van der Waals surface area (Å²) in [6, 6.07) is 9.01. The number of carbonyl (C=O) groups excluding carboxylic acids is 2. The Morgan fingerprint density at radius 1 is 1.24 bits per heavy atom. The molecule has 1 atom stereocenters. The number of nitrogens with one attached hydrogen (secondary N) is 2. The second-order valence-corrected chi connectivity index (χ2v) is 12.7. The Labute approximate surface area is 220 Å². The lowest BCUT2D eigenvalue weighted by atomic mass is 10.0. The van der Waals surface area contributed by atoms with E-state index in [9.17, 15) is 18.0 Å². The number of fused-ring (bicyclic) bond motifs is 1. The quantitative estimate of drug-likeness (QED) is 0.448. The molecule has 1 aliphatic carbocycles. The topological polar surface area (TPSA) is 121 Å². The zero-order chi connectivity index (χ0) is 26.5. The maximum absolute atomic E-state index is 13.3. The number of aromatic nitrogens is 2. The minimum Gasteiger partial charge on any atom is -0.359 e. The highest BCUT2D eigenvalue weighted by Crippen LogP contribution is 2.42. The molecule has 0 saturated heterocycles. The van der Waals surface area contributed by atoms with E-state index >= 15 is 0 Å². The van der Waals surface area contributed by atoms with Crippen LogP contribution in [0.5, 0.6) is 0 Å². The number of thiazole rings is 1. The van der Waals surface area contributed by atoms with E-state index in [-0.39, 0.29) is 29.2 Å². The van der Waals surface area contributed by atoms with Crippen molar-refractivity contribution in [3.05, 3.63) is 52.8 Å². The lowest BCUT2D eigenvalue weighted by molar-refractivity contribution is -0.120. The fourth-order valence-electron chi connectivity index (χ4n) is 4.75. The number of nitrogens with zero attached hydrogens (tertiary/aromatic N) is 3. The summed E-state index contributed by atoms with van der Waals surface area (Å²) in [7, 11) is -2.06. The van der Waals surface area contributed by atoms with E-state index in [0.29, 0.717) is 34.7 Å². The van der Waals surface area contributed by atoms with Crippen molar-refractivity contribution in [2.75, 3.05) is 18.6 Å². The number of aryl methyl sites for hydroxylation is 1. The molecule has 0 spiro atoms. The van der Waals surface area contributed by atoms with E-state index in [4.69, 9.17) is 0 Å². The Kier molecular flexibility index (Phi) is 6.53. The van der Waals surface area contributed by atoms with Gasteiger partial charge in [-0.15, -0.1) is 0 Å². The minimum atomic E-state index is -3.64. The first-order chi connectivity index (χ1) is 17.5. The molecule has 1 fully saturated rings. The zero-order valence-corrected chi connectivity index (χ0v) is 22.8. The Balaban J connectivity index is 1.47. The second kappa shape index (κ2) is 9.53. The average molecular weight is 540 g/mol. The largest absolute Gasteiger partial charge is 0.359 e. The van der Waals surface area contributed by atoms with Gasteiger partial charge < -0.3 is 15.5 Å². The summed E-state index contributed by atoms with van der Waals surface area (Å²) >= 11 is 1.38. The Morgan fingerprint density at radius 2 is 2.00 bits per heavy atom. The molecule has 2 amide bonds. The SMILES string of the molecule is CNC(=O)Cc1cccc(Nc2nc(C)c(-c3cc4c(c(S(C)(=O)=O)c3)C(=O)N(C(C)C3CC3)C4)s2)n1. The van der Waals surface area contributed by atoms with Gasteiger partial charge >= 0.3 is 0 Å². The van der Waals surface area contributed by atoms with Gasteiger partial charge in [0, 0.05) is 25.9 Å². The number of hydrogen-bond acceptors (Lipinski definition) is 8. The molecule has 2 aromatic heterocycles. The fraction of sp³-hybridized carbons (Fsp3) is 0.385. The first-order valence-corrected chi connectivity index (χ1v) is 14.8. The summed E-state index contributed by atoms with van der Waals surface area (Å²) in [5.41, 5.74) is 3.12. The Morgan fingerprint density at radius 3 is 2.68 bits per heavy atom. The monoisotopic (exact) mass is 539 g/mol. The smallest absolute Gasteiger partial charge is 0.256 e. The maximum atomic E-state index is 13.3. The second-order valence-electron chi connectivity index (χ2n) is 9.71. The van der Waals surface area contributed by atoms with Gasteiger partial charge in [0.2, 0.25) is 5.91 Å². The molecule has 3 aromatic rings. The Bertz CT molecular complexity index is 1510. The predicted molar refractivity (Wildman–Crippen MR) is 143 cm³/mol. The number of rotatable bonds is 8. The number of benzene rings is 1. The van der Waals surface area contributed by atoms with Crippen LogP contribution in [-0.4, -0.2) is 54.4 Å². The molecule has 1 aliphatic heterocycles. The molecule has 1 saturated carbocycles. The molecule has 2 N–H and O–H groups in total. The number of pyridine rings is 1. The highest BCUT2D eigenvalue weighted by molar-refractivity contribution is 7.90. The number of likely N-dealkylation sites (N-methyl/N-ethyl adjacent to an activating group) is 1. The standard InChI is InChI=1S/C26H29N5O4S2/c1-14-24(36-26(28-14)30-21-7-5-6-19(29-21)12-22(32)27-3)17-10-18-13-31(15(2)16-8-9-16)25(33)23(18)20(11-17)37(4,34)35/h5-7,10-11,15-16H,8-9,12-13H2,1-4H3,(H,27,32)(H,28,29,30). The molecule has 194 valence electrons. The summed E-state index contributed by atoms with van der Waals surface area (Å²) in [6.07, 6.45) is 3.53. The van der Waals surface area contributed by atoms with Gasteiger partial charge in [0.1, 0.15) is 5.82 Å². The van der Waals surface area contributed by atoms with Crippen molar-refractivity contribution in [3.8, 4) is 10.4 Å². The van der Waals surface area contributed by atoms with Crippen molar-refractivity contribution >= 4 is 43.9 Å². The van der Waals surface area contributed by atoms with Gasteiger partial charge in [0.25, 0.3) is 5.91 Å². The van der Waals surface area contributed by atoms with Crippen molar-refractivity contribution in [2.24, 2.45) is 5.92 Å². The highest BCUT2D eigenvalue weighted by atomic mass is 32.2. The van der Waals surface area contributed by atoms with Crippen molar-refractivity contribution in [2.45, 2.75) is 50.6 Å². The molecule has 37 heavy (non-hydrogen) atoms. The predicted octanol–water partition coefficient (Wildman–Crippen LogP) is 3.70. The Hall–Kier alpha value is -3.31. The van der Waals surface area contributed by atoms with Crippen LogP contribution < -0.4 is 10.6 Å². The van der Waals surface area contributed by atoms with Crippen LogP contribution >= 0.6 is 11.3 Å². The van der Waals surface area contributed by atoms with E-state index in [2.05, 4.69) is 20.6 Å². The molecule has 9 nitrogen and oxygen atoms in total. The third kappa shape index (κ3) is 5.10. The van der Waals surface area contributed by atoms with Crippen LogP contribution in [0.1, 0.15) is 47.1 Å². The summed E-state index contributed by atoms with van der Waals surface area (Å²) in [4.78, 5) is 36.8. The molecule has 5 rings (SSSR count). The van der Waals surface area contributed by atoms with Gasteiger partial charge in [-0.3, -0.25) is 9.59 Å². The summed E-state index contributed by atoms with van der Waals surface area (Å²) < 4.78 is 25.5. The summed E-state index contributed by atoms with van der Waals surface area (Å²) in [6.45, 7) is 4.32. The van der Waals surface area contributed by atoms with Crippen molar-refractivity contribution < 1.29 is 18.0 Å². The maximum Gasteiger partial charge on any atom is 0.256 e. The van der Waals surface area contributed by atoms with Crippen LogP contribution in [0.2, 0.25) is 0 Å². The van der Waals surface area contributed by atoms with Gasteiger partial charge in [0.05, 0.1) is 33.1 Å². The van der Waals surface area contributed by atoms with Crippen LogP contribution in [-0.2, 0) is 27.6 Å². The van der Waals surface area contributed by atoms with Crippen LogP contribution in [0.15, 0.2) is 35.2 Å². The number of amides is 2. The van der Waals surface area contributed by atoms with Crippen molar-refractivity contribution in [1.82, 2.24) is 20.2 Å². The normalized spacial score (nSPS) is 16.0. The van der Waals surface area contributed by atoms with Crippen LogP contribution in [0, 0.1) is 12.8 Å². The molecule has 1 aromatic carbocycles. The van der Waals surface area contributed by atoms with Gasteiger partial charge in [-0.2, -0.15) is 0 Å². The average Bonchev–Trinajstić information content (AvgIpc) is 3.56. The lowest BCUT2D eigenvalue weighted by Gasteiger charge is -2.24. The van der Waals surface area contributed by atoms with E-state index in [1.807, 2.05) is 30.9 Å². The van der Waals surface area contributed by atoms with Gasteiger partial charge in [0.15, 0.2) is 15.0 Å². The lowest BCUT2D eigenvalue weighted by Crippen LogP contribution is -2.35. The van der Waals surface area contributed by atoms with E-state index < -0.39 is 9.84 Å². The van der Waals surface area contributed by atoms with E-state index in [1.54, 1.807) is 25.2 Å². The molecule has 3 heterocycles. The number of sulfone groups is 1. The summed E-state index contributed by atoms with van der Waals surface area (Å²) in [5.74, 6) is 0.717. The molecule has 11 heteroatoms. The molecule has 0 bridgehead atoms. The van der Waals surface area contributed by atoms with Gasteiger partial charge in [-0.25, -0.2) is 18.4 Å². The van der Waals surface area contributed by atoms with Crippen molar-refractivity contribution in [1.29, 1.82) is 0 Å². The molecule has 1 unspecified atom stereocenters. The fourth-order valence-corrected chi connectivity index (χ4v) is 6.64. The first kappa shape index (κ1) is 25.3. The van der Waals surface area contributed by atoms with Crippen LogP contribution in [0.25, 0.3) is 10.4 Å². The minimum absolute atomic E-state index is 0.0707. The van der Waals surface area contributed by atoms with Crippen LogP contribution in [0.4, 0.5) is 10.9 Å². The van der Waals surface area contributed by atoms with Gasteiger partial charge in [-0.1, -0.05) is 17.4 Å². The molecule has 0 radical (unpaired) electrons. The molecule has 2 aliphatic rings. The van der Waals surface area contributed by atoms with E-state index in [1.165, 1.54) is 11.3 Å². The van der Waals surface area contributed by atoms with E-state index in [0.717, 1.165) is 40.8 Å². The number of hydrogen-bond donors (Lipinski definition) is 2.